The van der Waals surface area contributed by atoms with Gasteiger partial charge in [-0.3, -0.25) is 0 Å². The van der Waals surface area contributed by atoms with E-state index >= 15 is 0 Å². The van der Waals surface area contributed by atoms with Gasteiger partial charge in [0.05, 0.1) is 30.3 Å². The Balaban J connectivity index is 2.74. The minimum atomic E-state index is -0.884. The summed E-state index contributed by atoms with van der Waals surface area (Å²) in [5, 5.41) is 0. The summed E-state index contributed by atoms with van der Waals surface area (Å²) in [5.74, 6) is -2.52. The van der Waals surface area contributed by atoms with Crippen LogP contribution in [0.3, 0.4) is 0 Å². The van der Waals surface area contributed by atoms with Gasteiger partial charge in [0.2, 0.25) is 0 Å². The van der Waals surface area contributed by atoms with E-state index in [1.807, 2.05) is 0 Å². The zero-order valence-electron chi connectivity index (χ0n) is 15.8. The fourth-order valence-corrected chi connectivity index (χ4v) is 3.14. The van der Waals surface area contributed by atoms with Crippen LogP contribution in [0.1, 0.15) is 39.2 Å². The first-order chi connectivity index (χ1) is 12.3. The van der Waals surface area contributed by atoms with Crippen LogP contribution in [0.4, 0.5) is 4.39 Å². The average Bonchev–Trinajstić information content (AvgIpc) is 2.60. The van der Waals surface area contributed by atoms with Crippen LogP contribution in [-0.2, 0) is 19.1 Å². The lowest BCUT2D eigenvalue weighted by Crippen LogP contribution is -2.34. The standard InChI is InChI=1S/C20H24FNO4/c1-6-25-19(23)16-12(3)22(5)13(4)17(20(24)26-7-2)18(16)14-10-8-9-11-15(14)21/h8-11,18H,6-7H2,1-5H3. The SMILES string of the molecule is CCOC(=O)C1=C(C)N(C)C(C)=C(C(=O)OCC)C1c1ccccc1F. The van der Waals surface area contributed by atoms with E-state index in [1.165, 1.54) is 6.07 Å². The molecule has 0 saturated heterocycles. The molecule has 0 amide bonds. The third-order valence-corrected chi connectivity index (χ3v) is 4.57. The van der Waals surface area contributed by atoms with Crippen molar-refractivity contribution in [3.05, 3.63) is 58.2 Å². The first kappa shape index (κ1) is 19.7. The normalized spacial score (nSPS) is 15.4. The predicted molar refractivity (Wildman–Crippen MR) is 95.6 cm³/mol. The van der Waals surface area contributed by atoms with E-state index < -0.39 is 23.7 Å². The van der Waals surface area contributed by atoms with Gasteiger partial charge in [0.25, 0.3) is 0 Å². The van der Waals surface area contributed by atoms with E-state index in [0.717, 1.165) is 0 Å². The highest BCUT2D eigenvalue weighted by Crippen LogP contribution is 2.42. The number of carbonyl (C=O) groups is 2. The average molecular weight is 361 g/mol. The maximum absolute atomic E-state index is 14.6. The smallest absolute Gasteiger partial charge is 0.336 e. The Kier molecular flexibility index (Phi) is 6.18. The second kappa shape index (κ2) is 8.17. The summed E-state index contributed by atoms with van der Waals surface area (Å²) in [6, 6.07) is 6.12. The van der Waals surface area contributed by atoms with Crippen LogP contribution >= 0.6 is 0 Å². The molecule has 0 atom stereocenters. The molecule has 1 aliphatic heterocycles. The lowest BCUT2D eigenvalue weighted by atomic mass is 9.79. The summed E-state index contributed by atoms with van der Waals surface area (Å²) in [6.07, 6.45) is 0. The van der Waals surface area contributed by atoms with Crippen molar-refractivity contribution in [3.8, 4) is 0 Å². The highest BCUT2D eigenvalue weighted by Gasteiger charge is 2.40. The highest BCUT2D eigenvalue weighted by atomic mass is 19.1. The van der Waals surface area contributed by atoms with Crippen LogP contribution in [0.5, 0.6) is 0 Å². The predicted octanol–water partition coefficient (Wildman–Crippen LogP) is 3.53. The molecule has 2 rings (SSSR count). The molecule has 0 spiro atoms. The number of halogens is 1. The second-order valence-corrected chi connectivity index (χ2v) is 5.95. The number of rotatable bonds is 5. The molecule has 140 valence electrons. The molecule has 0 fully saturated rings. The molecule has 0 saturated carbocycles. The summed E-state index contributed by atoms with van der Waals surface area (Å²) < 4.78 is 25.0. The quantitative estimate of drug-likeness (QED) is 0.751. The Morgan fingerprint density at radius 3 is 1.88 bits per heavy atom. The Labute approximate surface area is 153 Å². The van der Waals surface area contributed by atoms with Gasteiger partial charge in [-0.15, -0.1) is 0 Å². The van der Waals surface area contributed by atoms with Gasteiger partial charge >= 0.3 is 11.9 Å². The zero-order valence-corrected chi connectivity index (χ0v) is 15.8. The molecule has 0 unspecified atom stereocenters. The number of ether oxygens (including phenoxy) is 2. The van der Waals surface area contributed by atoms with Gasteiger partial charge in [-0.05, 0) is 33.8 Å². The molecule has 0 aromatic heterocycles. The largest absolute Gasteiger partial charge is 0.463 e. The van der Waals surface area contributed by atoms with Crippen molar-refractivity contribution in [1.29, 1.82) is 0 Å². The molecule has 1 heterocycles. The van der Waals surface area contributed by atoms with Crippen LogP contribution in [0.25, 0.3) is 0 Å². The van der Waals surface area contributed by atoms with Gasteiger partial charge in [0.1, 0.15) is 5.82 Å². The van der Waals surface area contributed by atoms with Crippen molar-refractivity contribution in [3.63, 3.8) is 0 Å². The number of esters is 2. The van der Waals surface area contributed by atoms with Gasteiger partial charge in [0.15, 0.2) is 0 Å². The van der Waals surface area contributed by atoms with Crippen LogP contribution in [-0.4, -0.2) is 37.1 Å². The van der Waals surface area contributed by atoms with Gasteiger partial charge in [0, 0.05) is 24.0 Å². The molecular formula is C20H24FNO4. The number of allylic oxidation sites excluding steroid dienone is 2. The maximum Gasteiger partial charge on any atom is 0.336 e. The van der Waals surface area contributed by atoms with Crippen LogP contribution in [0, 0.1) is 5.82 Å². The van der Waals surface area contributed by atoms with Crippen molar-refractivity contribution in [2.75, 3.05) is 20.3 Å². The molecule has 1 aliphatic rings. The summed E-state index contributed by atoms with van der Waals surface area (Å²) in [4.78, 5) is 27.1. The molecule has 6 heteroatoms. The number of hydrogen-bond donors (Lipinski definition) is 0. The molecular weight excluding hydrogens is 337 g/mol. The first-order valence-electron chi connectivity index (χ1n) is 8.58. The van der Waals surface area contributed by atoms with Crippen molar-refractivity contribution < 1.29 is 23.5 Å². The van der Waals surface area contributed by atoms with E-state index in [1.54, 1.807) is 57.8 Å². The third-order valence-electron chi connectivity index (χ3n) is 4.57. The number of benzene rings is 1. The molecule has 1 aromatic carbocycles. The minimum absolute atomic E-state index is 0.181. The molecule has 26 heavy (non-hydrogen) atoms. The zero-order chi connectivity index (χ0) is 19.4. The fraction of sp³-hybridized carbons (Fsp3) is 0.400. The highest BCUT2D eigenvalue weighted by molar-refractivity contribution is 5.99. The maximum atomic E-state index is 14.6. The van der Waals surface area contributed by atoms with E-state index in [2.05, 4.69) is 0 Å². The minimum Gasteiger partial charge on any atom is -0.463 e. The van der Waals surface area contributed by atoms with Gasteiger partial charge < -0.3 is 14.4 Å². The summed E-state index contributed by atoms with van der Waals surface area (Å²) >= 11 is 0. The third kappa shape index (κ3) is 3.49. The van der Waals surface area contributed by atoms with E-state index in [4.69, 9.17) is 9.47 Å². The Morgan fingerprint density at radius 1 is 1.00 bits per heavy atom. The van der Waals surface area contributed by atoms with E-state index in [0.29, 0.717) is 11.4 Å². The topological polar surface area (TPSA) is 55.8 Å². The monoisotopic (exact) mass is 361 g/mol. The van der Waals surface area contributed by atoms with Crippen LogP contribution in [0.2, 0.25) is 0 Å². The Bertz CT molecular complexity index is 740. The van der Waals surface area contributed by atoms with Gasteiger partial charge in [-0.25, -0.2) is 14.0 Å². The van der Waals surface area contributed by atoms with Gasteiger partial charge in [-0.2, -0.15) is 0 Å². The van der Waals surface area contributed by atoms with Crippen LogP contribution in [0.15, 0.2) is 46.8 Å². The molecule has 0 radical (unpaired) electrons. The summed E-state index contributed by atoms with van der Waals surface area (Å²) in [5.41, 5.74) is 1.95. The molecule has 5 nitrogen and oxygen atoms in total. The summed E-state index contributed by atoms with van der Waals surface area (Å²) in [7, 11) is 1.75. The number of carbonyl (C=O) groups excluding carboxylic acids is 2. The number of hydrogen-bond acceptors (Lipinski definition) is 5. The van der Waals surface area contributed by atoms with Crippen molar-refractivity contribution >= 4 is 11.9 Å². The lowest BCUT2D eigenvalue weighted by molar-refractivity contribution is -0.139. The molecule has 0 aliphatic carbocycles. The fourth-order valence-electron chi connectivity index (χ4n) is 3.14. The molecule has 1 aromatic rings. The number of nitrogens with zero attached hydrogens (tertiary/aromatic N) is 1. The lowest BCUT2D eigenvalue weighted by Gasteiger charge is -2.35. The molecule has 0 N–H and O–H groups in total. The van der Waals surface area contributed by atoms with Crippen LogP contribution < -0.4 is 0 Å². The van der Waals surface area contributed by atoms with Gasteiger partial charge in [-0.1, -0.05) is 18.2 Å². The Morgan fingerprint density at radius 2 is 1.46 bits per heavy atom. The first-order valence-corrected chi connectivity index (χ1v) is 8.58. The Hall–Kier alpha value is -2.63. The van der Waals surface area contributed by atoms with E-state index in [9.17, 15) is 14.0 Å². The second-order valence-electron chi connectivity index (χ2n) is 5.95. The molecule has 0 bridgehead atoms. The summed E-state index contributed by atoms with van der Waals surface area (Å²) in [6.45, 7) is 7.27. The van der Waals surface area contributed by atoms with Crippen molar-refractivity contribution in [1.82, 2.24) is 4.90 Å². The van der Waals surface area contributed by atoms with E-state index in [-0.39, 0.29) is 29.9 Å². The van der Waals surface area contributed by atoms with Crippen molar-refractivity contribution in [2.24, 2.45) is 0 Å². The van der Waals surface area contributed by atoms with Crippen molar-refractivity contribution in [2.45, 2.75) is 33.6 Å².